The molecule has 5 heteroatoms. The van der Waals surface area contributed by atoms with Crippen LogP contribution >= 0.6 is 0 Å². The third-order valence-electron chi connectivity index (χ3n) is 3.25. The van der Waals surface area contributed by atoms with E-state index in [1.54, 1.807) is 6.20 Å². The maximum Gasteiger partial charge on any atom is 0.230 e. The van der Waals surface area contributed by atoms with E-state index in [2.05, 4.69) is 15.5 Å². The first-order valence-corrected chi connectivity index (χ1v) is 5.81. The van der Waals surface area contributed by atoms with Gasteiger partial charge < -0.3 is 11.1 Å². The lowest BCUT2D eigenvalue weighted by Crippen LogP contribution is -2.34. The first-order valence-electron chi connectivity index (χ1n) is 5.81. The first-order chi connectivity index (χ1) is 7.72. The number of carbonyl (C=O) groups excluding carboxylic acids is 1. The number of H-pyrrole nitrogens is 1. The summed E-state index contributed by atoms with van der Waals surface area (Å²) in [6, 6.07) is 0.00741. The van der Waals surface area contributed by atoms with E-state index in [1.165, 1.54) is 0 Å². The topological polar surface area (TPSA) is 83.8 Å². The highest BCUT2D eigenvalue weighted by Crippen LogP contribution is 2.25. The van der Waals surface area contributed by atoms with Gasteiger partial charge in [-0.3, -0.25) is 9.89 Å². The second-order valence-corrected chi connectivity index (χ2v) is 4.31. The number of anilines is 1. The number of aryl methyl sites for hydroxylation is 1. The van der Waals surface area contributed by atoms with Crippen molar-refractivity contribution in [3.8, 4) is 0 Å². The Hall–Kier alpha value is -1.36. The van der Waals surface area contributed by atoms with Crippen LogP contribution in [0.5, 0.6) is 0 Å². The Bertz CT molecular complexity index is 374. The van der Waals surface area contributed by atoms with E-state index >= 15 is 0 Å². The molecule has 2 atom stereocenters. The van der Waals surface area contributed by atoms with Crippen molar-refractivity contribution in [2.75, 3.05) is 5.32 Å². The summed E-state index contributed by atoms with van der Waals surface area (Å²) in [4.78, 5) is 12.0. The lowest BCUT2D eigenvalue weighted by atomic mass is 10.0. The maximum absolute atomic E-state index is 12.0. The molecular formula is C11H18N4O. The number of nitrogens with zero attached hydrogens (tertiary/aromatic N) is 1. The molecule has 1 heterocycles. The maximum atomic E-state index is 12.0. The van der Waals surface area contributed by atoms with Crippen LogP contribution in [0.4, 0.5) is 5.82 Å². The summed E-state index contributed by atoms with van der Waals surface area (Å²) < 4.78 is 0. The molecule has 0 aromatic carbocycles. The summed E-state index contributed by atoms with van der Waals surface area (Å²) in [6.07, 6.45) is 5.47. The predicted octanol–water partition coefficient (Wildman–Crippen LogP) is 1.04. The third kappa shape index (κ3) is 2.09. The second-order valence-electron chi connectivity index (χ2n) is 4.31. The fraction of sp³-hybridized carbons (Fsp3) is 0.636. The third-order valence-corrected chi connectivity index (χ3v) is 3.25. The van der Waals surface area contributed by atoms with Gasteiger partial charge in [-0.15, -0.1) is 0 Å². The van der Waals surface area contributed by atoms with E-state index in [4.69, 9.17) is 5.73 Å². The fourth-order valence-electron chi connectivity index (χ4n) is 2.22. The molecule has 1 amide bonds. The van der Waals surface area contributed by atoms with Gasteiger partial charge in [-0.1, -0.05) is 13.3 Å². The molecule has 1 aromatic rings. The van der Waals surface area contributed by atoms with Crippen molar-refractivity contribution in [3.05, 3.63) is 11.8 Å². The largest absolute Gasteiger partial charge is 0.327 e. The Morgan fingerprint density at radius 3 is 3.12 bits per heavy atom. The molecule has 5 nitrogen and oxygen atoms in total. The highest BCUT2D eigenvalue weighted by Gasteiger charge is 2.30. The van der Waals surface area contributed by atoms with Crippen molar-refractivity contribution in [2.24, 2.45) is 11.7 Å². The number of aromatic nitrogens is 2. The molecule has 0 bridgehead atoms. The van der Waals surface area contributed by atoms with Gasteiger partial charge in [0.1, 0.15) is 5.82 Å². The summed E-state index contributed by atoms with van der Waals surface area (Å²) in [5.41, 5.74) is 6.92. The van der Waals surface area contributed by atoms with E-state index < -0.39 is 0 Å². The Kier molecular flexibility index (Phi) is 3.24. The van der Waals surface area contributed by atoms with E-state index in [9.17, 15) is 4.79 Å². The SMILES string of the molecule is CCc1cn[nH]c1NC(=O)C1CCCC1N. The van der Waals surface area contributed by atoms with Crippen LogP contribution in [0.25, 0.3) is 0 Å². The van der Waals surface area contributed by atoms with Crippen molar-refractivity contribution in [1.29, 1.82) is 0 Å². The van der Waals surface area contributed by atoms with Crippen molar-refractivity contribution >= 4 is 11.7 Å². The monoisotopic (exact) mass is 222 g/mol. The van der Waals surface area contributed by atoms with E-state index in [1.807, 2.05) is 6.92 Å². The Morgan fingerprint density at radius 2 is 2.50 bits per heavy atom. The zero-order valence-electron chi connectivity index (χ0n) is 9.49. The van der Waals surface area contributed by atoms with Crippen LogP contribution in [-0.2, 0) is 11.2 Å². The van der Waals surface area contributed by atoms with Gasteiger partial charge in [0.25, 0.3) is 0 Å². The number of hydrogen-bond donors (Lipinski definition) is 3. The summed E-state index contributed by atoms with van der Waals surface area (Å²) in [5, 5.41) is 9.60. The molecule has 1 aromatic heterocycles. The van der Waals surface area contributed by atoms with Crippen LogP contribution in [0.2, 0.25) is 0 Å². The number of aromatic amines is 1. The van der Waals surface area contributed by atoms with Gasteiger partial charge >= 0.3 is 0 Å². The fourth-order valence-corrected chi connectivity index (χ4v) is 2.22. The van der Waals surface area contributed by atoms with E-state index in [0.29, 0.717) is 5.82 Å². The molecule has 1 aliphatic rings. The van der Waals surface area contributed by atoms with Crippen LogP contribution in [0.15, 0.2) is 6.20 Å². The van der Waals surface area contributed by atoms with Crippen molar-refractivity contribution in [2.45, 2.75) is 38.6 Å². The molecule has 0 saturated heterocycles. The Morgan fingerprint density at radius 1 is 1.69 bits per heavy atom. The molecule has 0 spiro atoms. The molecule has 4 N–H and O–H groups in total. The van der Waals surface area contributed by atoms with Gasteiger partial charge in [0.2, 0.25) is 5.91 Å². The summed E-state index contributed by atoms with van der Waals surface area (Å²) in [7, 11) is 0. The normalized spacial score (nSPS) is 24.6. The standard InChI is InChI=1S/C11H18N4O/c1-2-7-6-13-15-10(7)14-11(16)8-4-3-5-9(8)12/h6,8-9H,2-5,12H2,1H3,(H2,13,14,15,16). The van der Waals surface area contributed by atoms with Crippen molar-refractivity contribution in [1.82, 2.24) is 10.2 Å². The van der Waals surface area contributed by atoms with Crippen LogP contribution in [0.1, 0.15) is 31.7 Å². The smallest absolute Gasteiger partial charge is 0.230 e. The van der Waals surface area contributed by atoms with Gasteiger partial charge in [-0.25, -0.2) is 0 Å². The summed E-state index contributed by atoms with van der Waals surface area (Å²) >= 11 is 0. The highest BCUT2D eigenvalue weighted by atomic mass is 16.2. The number of nitrogens with two attached hydrogens (primary N) is 1. The number of rotatable bonds is 3. The minimum absolute atomic E-state index is 0.00741. The molecule has 2 unspecified atom stereocenters. The van der Waals surface area contributed by atoms with Crippen molar-refractivity contribution in [3.63, 3.8) is 0 Å². The molecular weight excluding hydrogens is 204 g/mol. The molecule has 1 fully saturated rings. The molecule has 1 aliphatic carbocycles. The lowest BCUT2D eigenvalue weighted by molar-refractivity contribution is -0.120. The van der Waals surface area contributed by atoms with E-state index in [0.717, 1.165) is 31.2 Å². The minimum atomic E-state index is -0.0481. The quantitative estimate of drug-likeness (QED) is 0.714. The Labute approximate surface area is 94.8 Å². The number of nitrogens with one attached hydrogen (secondary N) is 2. The second kappa shape index (κ2) is 4.65. The Balaban J connectivity index is 2.02. The highest BCUT2D eigenvalue weighted by molar-refractivity contribution is 5.92. The van der Waals surface area contributed by atoms with Crippen molar-refractivity contribution < 1.29 is 4.79 Å². The molecule has 1 saturated carbocycles. The van der Waals surface area contributed by atoms with Gasteiger partial charge in [-0.05, 0) is 19.3 Å². The lowest BCUT2D eigenvalue weighted by Gasteiger charge is -2.14. The number of hydrogen-bond acceptors (Lipinski definition) is 3. The van der Waals surface area contributed by atoms with Crippen LogP contribution < -0.4 is 11.1 Å². The van der Waals surface area contributed by atoms with Gasteiger partial charge in [0, 0.05) is 11.6 Å². The average molecular weight is 222 g/mol. The zero-order chi connectivity index (χ0) is 11.5. The predicted molar refractivity (Wildman–Crippen MR) is 61.9 cm³/mol. The van der Waals surface area contributed by atoms with Gasteiger partial charge in [0.15, 0.2) is 0 Å². The van der Waals surface area contributed by atoms with Crippen LogP contribution in [0, 0.1) is 5.92 Å². The number of carbonyl (C=O) groups is 1. The molecule has 16 heavy (non-hydrogen) atoms. The van der Waals surface area contributed by atoms with Gasteiger partial charge in [-0.2, -0.15) is 5.10 Å². The summed E-state index contributed by atoms with van der Waals surface area (Å²) in [5.74, 6) is 0.684. The molecule has 2 rings (SSSR count). The van der Waals surface area contributed by atoms with Gasteiger partial charge in [0.05, 0.1) is 12.1 Å². The summed E-state index contributed by atoms with van der Waals surface area (Å²) in [6.45, 7) is 2.03. The molecule has 88 valence electrons. The average Bonchev–Trinajstić information content (AvgIpc) is 2.86. The first kappa shape index (κ1) is 11.1. The van der Waals surface area contributed by atoms with Crippen LogP contribution in [0.3, 0.4) is 0 Å². The zero-order valence-corrected chi connectivity index (χ0v) is 9.49. The minimum Gasteiger partial charge on any atom is -0.327 e. The van der Waals surface area contributed by atoms with E-state index in [-0.39, 0.29) is 17.9 Å². The molecule has 0 radical (unpaired) electrons. The van der Waals surface area contributed by atoms with Crippen LogP contribution in [-0.4, -0.2) is 22.1 Å². The number of amides is 1. The molecule has 0 aliphatic heterocycles.